The first-order valence-corrected chi connectivity index (χ1v) is 8.89. The van der Waals surface area contributed by atoms with Gasteiger partial charge < -0.3 is 20.3 Å². The molecule has 0 aliphatic rings. The SMILES string of the molecule is COc1ccccc1Nc1cc(NCCN(C)C)nc(-c2ccccc2)n1. The molecule has 27 heavy (non-hydrogen) atoms. The molecule has 3 aromatic rings. The number of anilines is 3. The van der Waals surface area contributed by atoms with Crippen molar-refractivity contribution in [3.63, 3.8) is 0 Å². The number of rotatable bonds is 8. The van der Waals surface area contributed by atoms with Gasteiger partial charge in [-0.25, -0.2) is 9.97 Å². The van der Waals surface area contributed by atoms with Gasteiger partial charge in [0.25, 0.3) is 0 Å². The average molecular weight is 363 g/mol. The Morgan fingerprint density at radius 2 is 1.63 bits per heavy atom. The highest BCUT2D eigenvalue weighted by atomic mass is 16.5. The third-order valence-electron chi connectivity index (χ3n) is 3.99. The van der Waals surface area contributed by atoms with Gasteiger partial charge in [-0.2, -0.15) is 0 Å². The first-order valence-electron chi connectivity index (χ1n) is 8.89. The first kappa shape index (κ1) is 18.7. The Kier molecular flexibility index (Phi) is 6.22. The normalized spacial score (nSPS) is 10.7. The standard InChI is InChI=1S/C21H25N5O/c1-26(2)14-13-22-19-15-20(23-17-11-7-8-12-18(17)27-3)25-21(24-19)16-9-5-4-6-10-16/h4-12,15H,13-14H2,1-3H3,(H2,22,23,24,25). The fourth-order valence-electron chi connectivity index (χ4n) is 2.61. The summed E-state index contributed by atoms with van der Waals surface area (Å²) in [5, 5.41) is 6.72. The third-order valence-corrected chi connectivity index (χ3v) is 3.99. The van der Waals surface area contributed by atoms with E-state index in [0.29, 0.717) is 11.6 Å². The summed E-state index contributed by atoms with van der Waals surface area (Å²) < 4.78 is 5.43. The number of hydrogen-bond donors (Lipinski definition) is 2. The lowest BCUT2D eigenvalue weighted by Gasteiger charge is -2.14. The number of methoxy groups -OCH3 is 1. The maximum atomic E-state index is 5.43. The van der Waals surface area contributed by atoms with E-state index in [1.165, 1.54) is 0 Å². The van der Waals surface area contributed by atoms with E-state index in [1.807, 2.05) is 74.8 Å². The van der Waals surface area contributed by atoms with E-state index in [2.05, 4.69) is 25.5 Å². The second-order valence-corrected chi connectivity index (χ2v) is 6.38. The minimum Gasteiger partial charge on any atom is -0.495 e. The molecule has 2 N–H and O–H groups in total. The number of nitrogens with one attached hydrogen (secondary N) is 2. The van der Waals surface area contributed by atoms with Crippen LogP contribution in [0.2, 0.25) is 0 Å². The Morgan fingerprint density at radius 3 is 2.37 bits per heavy atom. The molecule has 6 nitrogen and oxygen atoms in total. The Bertz CT molecular complexity index is 867. The van der Waals surface area contributed by atoms with Crippen molar-refractivity contribution in [3.8, 4) is 17.1 Å². The average Bonchev–Trinajstić information content (AvgIpc) is 2.69. The van der Waals surface area contributed by atoms with Gasteiger partial charge in [-0.1, -0.05) is 42.5 Å². The molecule has 0 aliphatic heterocycles. The molecule has 1 aromatic heterocycles. The molecule has 0 saturated carbocycles. The summed E-state index contributed by atoms with van der Waals surface area (Å²) in [7, 11) is 5.75. The summed E-state index contributed by atoms with van der Waals surface area (Å²) in [5.74, 6) is 2.92. The molecule has 1 heterocycles. The Morgan fingerprint density at radius 1 is 0.926 bits per heavy atom. The number of ether oxygens (including phenoxy) is 1. The molecule has 0 fully saturated rings. The van der Waals surface area contributed by atoms with E-state index in [-0.39, 0.29) is 0 Å². The van der Waals surface area contributed by atoms with E-state index in [1.54, 1.807) is 7.11 Å². The van der Waals surface area contributed by atoms with Crippen LogP contribution in [-0.4, -0.2) is 49.2 Å². The maximum Gasteiger partial charge on any atom is 0.163 e. The van der Waals surface area contributed by atoms with Crippen molar-refractivity contribution < 1.29 is 4.74 Å². The van der Waals surface area contributed by atoms with E-state index >= 15 is 0 Å². The second kappa shape index (κ2) is 9.00. The van der Waals surface area contributed by atoms with Gasteiger partial charge in [-0.15, -0.1) is 0 Å². The molecular formula is C21H25N5O. The zero-order chi connectivity index (χ0) is 19.1. The maximum absolute atomic E-state index is 5.43. The fraction of sp³-hybridized carbons (Fsp3) is 0.238. The molecule has 0 saturated heterocycles. The molecule has 2 aromatic carbocycles. The number of benzene rings is 2. The van der Waals surface area contributed by atoms with E-state index < -0.39 is 0 Å². The topological polar surface area (TPSA) is 62.3 Å². The van der Waals surface area contributed by atoms with Crippen LogP contribution < -0.4 is 15.4 Å². The van der Waals surface area contributed by atoms with Gasteiger partial charge in [-0.3, -0.25) is 0 Å². The molecule has 0 aliphatic carbocycles. The summed E-state index contributed by atoms with van der Waals surface area (Å²) in [6.07, 6.45) is 0. The summed E-state index contributed by atoms with van der Waals surface area (Å²) in [6, 6.07) is 19.6. The molecule has 0 bridgehead atoms. The molecule has 0 amide bonds. The van der Waals surface area contributed by atoms with Crippen LogP contribution in [0.1, 0.15) is 0 Å². The zero-order valence-electron chi connectivity index (χ0n) is 15.9. The predicted molar refractivity (Wildman–Crippen MR) is 111 cm³/mol. The molecule has 3 rings (SSSR count). The van der Waals surface area contributed by atoms with Crippen LogP contribution in [0.25, 0.3) is 11.4 Å². The van der Waals surface area contributed by atoms with Gasteiger partial charge in [-0.05, 0) is 26.2 Å². The zero-order valence-corrected chi connectivity index (χ0v) is 15.9. The van der Waals surface area contributed by atoms with Gasteiger partial charge in [0, 0.05) is 24.7 Å². The van der Waals surface area contributed by atoms with Crippen molar-refractivity contribution in [1.82, 2.24) is 14.9 Å². The van der Waals surface area contributed by atoms with Crippen molar-refractivity contribution in [2.24, 2.45) is 0 Å². The van der Waals surface area contributed by atoms with Crippen LogP contribution in [0.15, 0.2) is 60.7 Å². The van der Waals surface area contributed by atoms with Crippen LogP contribution in [-0.2, 0) is 0 Å². The highest BCUT2D eigenvalue weighted by Gasteiger charge is 2.09. The van der Waals surface area contributed by atoms with Crippen molar-refractivity contribution >= 4 is 17.3 Å². The smallest absolute Gasteiger partial charge is 0.163 e. The van der Waals surface area contributed by atoms with Crippen LogP contribution in [0.5, 0.6) is 5.75 Å². The Balaban J connectivity index is 1.91. The van der Waals surface area contributed by atoms with E-state index in [0.717, 1.165) is 35.9 Å². The molecule has 0 radical (unpaired) electrons. The Hall–Kier alpha value is -3.12. The summed E-state index contributed by atoms with van der Waals surface area (Å²) in [6.45, 7) is 1.71. The van der Waals surface area contributed by atoms with Crippen molar-refractivity contribution in [3.05, 3.63) is 60.7 Å². The number of aromatic nitrogens is 2. The number of hydrogen-bond acceptors (Lipinski definition) is 6. The van der Waals surface area contributed by atoms with Crippen LogP contribution in [0, 0.1) is 0 Å². The lowest BCUT2D eigenvalue weighted by Crippen LogP contribution is -2.21. The summed E-state index contributed by atoms with van der Waals surface area (Å²) >= 11 is 0. The summed E-state index contributed by atoms with van der Waals surface area (Å²) in [4.78, 5) is 11.5. The fourth-order valence-corrected chi connectivity index (χ4v) is 2.61. The molecule has 0 unspecified atom stereocenters. The molecule has 0 atom stereocenters. The number of likely N-dealkylation sites (N-methyl/N-ethyl adjacent to an activating group) is 1. The van der Waals surface area contributed by atoms with Crippen LogP contribution >= 0.6 is 0 Å². The highest BCUT2D eigenvalue weighted by molar-refractivity contribution is 5.68. The second-order valence-electron chi connectivity index (χ2n) is 6.38. The van der Waals surface area contributed by atoms with Crippen molar-refractivity contribution in [2.75, 3.05) is 44.9 Å². The van der Waals surface area contributed by atoms with Crippen molar-refractivity contribution in [2.45, 2.75) is 0 Å². The molecule has 6 heteroatoms. The van der Waals surface area contributed by atoms with Gasteiger partial charge in [0.05, 0.1) is 12.8 Å². The quantitative estimate of drug-likeness (QED) is 0.633. The highest BCUT2D eigenvalue weighted by Crippen LogP contribution is 2.28. The number of para-hydroxylation sites is 2. The molecular weight excluding hydrogens is 338 g/mol. The molecule has 140 valence electrons. The van der Waals surface area contributed by atoms with Crippen molar-refractivity contribution in [1.29, 1.82) is 0 Å². The minimum absolute atomic E-state index is 0.669. The lowest BCUT2D eigenvalue weighted by atomic mass is 10.2. The van der Waals surface area contributed by atoms with Crippen LogP contribution in [0.3, 0.4) is 0 Å². The third kappa shape index (κ3) is 5.18. The largest absolute Gasteiger partial charge is 0.495 e. The van der Waals surface area contributed by atoms with Gasteiger partial charge in [0.2, 0.25) is 0 Å². The lowest BCUT2D eigenvalue weighted by molar-refractivity contribution is 0.417. The van der Waals surface area contributed by atoms with E-state index in [4.69, 9.17) is 4.74 Å². The van der Waals surface area contributed by atoms with Gasteiger partial charge >= 0.3 is 0 Å². The monoisotopic (exact) mass is 363 g/mol. The van der Waals surface area contributed by atoms with Gasteiger partial charge in [0.1, 0.15) is 17.4 Å². The summed E-state index contributed by atoms with van der Waals surface area (Å²) in [5.41, 5.74) is 1.83. The Labute approximate surface area is 160 Å². The first-order chi connectivity index (χ1) is 13.2. The number of nitrogens with zero attached hydrogens (tertiary/aromatic N) is 3. The molecule has 0 spiro atoms. The minimum atomic E-state index is 0.669. The van der Waals surface area contributed by atoms with Gasteiger partial charge in [0.15, 0.2) is 5.82 Å². The van der Waals surface area contributed by atoms with Crippen LogP contribution in [0.4, 0.5) is 17.3 Å². The predicted octanol–water partition coefficient (Wildman–Crippen LogP) is 3.87. The van der Waals surface area contributed by atoms with E-state index in [9.17, 15) is 0 Å².